The summed E-state index contributed by atoms with van der Waals surface area (Å²) >= 11 is 0. The number of nitrogens with zero attached hydrogens (tertiary/aromatic N) is 1. The molecule has 1 amide bonds. The van der Waals surface area contributed by atoms with Gasteiger partial charge in [-0.3, -0.25) is 4.79 Å². The Hall–Kier alpha value is -1.55. The van der Waals surface area contributed by atoms with Crippen molar-refractivity contribution in [3.63, 3.8) is 0 Å². The maximum atomic E-state index is 12.1. The maximum absolute atomic E-state index is 12.1. The normalized spacial score (nSPS) is 22.6. The minimum Gasteiger partial charge on any atom is -0.494 e. The first-order chi connectivity index (χ1) is 9.52. The van der Waals surface area contributed by atoms with Gasteiger partial charge in [-0.25, -0.2) is 0 Å². The highest BCUT2D eigenvalue weighted by Gasteiger charge is 2.38. The number of ether oxygens (including phenoxy) is 1. The molecule has 1 fully saturated rings. The molecule has 2 N–H and O–H groups in total. The average molecular weight is 276 g/mol. The van der Waals surface area contributed by atoms with Gasteiger partial charge in [0.2, 0.25) is 5.91 Å². The number of hydrogen-bond acceptors (Lipinski definition) is 3. The number of amides is 1. The molecule has 0 bridgehead atoms. The first-order valence-electron chi connectivity index (χ1n) is 7.30. The smallest absolute Gasteiger partial charge is 0.224 e. The Bertz CT molecular complexity index is 456. The van der Waals surface area contributed by atoms with Crippen molar-refractivity contribution in [1.82, 2.24) is 4.90 Å². The van der Waals surface area contributed by atoms with Gasteiger partial charge in [-0.15, -0.1) is 0 Å². The van der Waals surface area contributed by atoms with E-state index in [0.717, 1.165) is 17.9 Å². The van der Waals surface area contributed by atoms with Crippen molar-refractivity contribution in [2.24, 2.45) is 11.7 Å². The van der Waals surface area contributed by atoms with Gasteiger partial charge < -0.3 is 15.4 Å². The van der Waals surface area contributed by atoms with Crippen LogP contribution in [-0.4, -0.2) is 30.0 Å². The molecular formula is C16H24N2O2. The van der Waals surface area contributed by atoms with Gasteiger partial charge in [-0.2, -0.15) is 0 Å². The van der Waals surface area contributed by atoms with Gasteiger partial charge >= 0.3 is 0 Å². The lowest BCUT2D eigenvalue weighted by molar-refractivity contribution is -0.129. The van der Waals surface area contributed by atoms with Crippen molar-refractivity contribution in [3.8, 4) is 5.75 Å². The van der Waals surface area contributed by atoms with Gasteiger partial charge in [0.1, 0.15) is 5.75 Å². The summed E-state index contributed by atoms with van der Waals surface area (Å²) in [4.78, 5) is 14.0. The van der Waals surface area contributed by atoms with E-state index in [1.807, 2.05) is 36.1 Å². The third-order valence-electron chi connectivity index (χ3n) is 3.57. The van der Waals surface area contributed by atoms with Crippen LogP contribution in [0.1, 0.15) is 38.8 Å². The summed E-state index contributed by atoms with van der Waals surface area (Å²) in [6, 6.07) is 7.78. The highest BCUT2D eigenvalue weighted by atomic mass is 16.5. The zero-order chi connectivity index (χ0) is 14.7. The number of nitrogens with two attached hydrogens (primary N) is 1. The summed E-state index contributed by atoms with van der Waals surface area (Å²) in [5, 5.41) is 0. The SMILES string of the molecule is CCOc1ccc(C2C(N)CC(=O)N2CC(C)C)cc1. The van der Waals surface area contributed by atoms with Gasteiger partial charge in [-0.1, -0.05) is 26.0 Å². The topological polar surface area (TPSA) is 55.6 Å². The zero-order valence-electron chi connectivity index (χ0n) is 12.5. The van der Waals surface area contributed by atoms with Crippen LogP contribution in [0.15, 0.2) is 24.3 Å². The summed E-state index contributed by atoms with van der Waals surface area (Å²) in [5.41, 5.74) is 7.26. The molecule has 2 unspecified atom stereocenters. The van der Waals surface area contributed by atoms with E-state index in [1.165, 1.54) is 0 Å². The molecule has 1 aliphatic heterocycles. The lowest BCUT2D eigenvalue weighted by Gasteiger charge is -2.28. The molecule has 2 atom stereocenters. The quantitative estimate of drug-likeness (QED) is 0.898. The Morgan fingerprint density at radius 3 is 2.55 bits per heavy atom. The van der Waals surface area contributed by atoms with Crippen LogP contribution in [0.3, 0.4) is 0 Å². The average Bonchev–Trinajstić information content (AvgIpc) is 2.65. The maximum Gasteiger partial charge on any atom is 0.224 e. The third kappa shape index (κ3) is 3.12. The van der Waals surface area contributed by atoms with Crippen molar-refractivity contribution >= 4 is 5.91 Å². The predicted molar refractivity (Wildman–Crippen MR) is 79.5 cm³/mol. The van der Waals surface area contributed by atoms with E-state index in [2.05, 4.69) is 13.8 Å². The molecule has 1 aromatic carbocycles. The first-order valence-corrected chi connectivity index (χ1v) is 7.30. The fourth-order valence-corrected chi connectivity index (χ4v) is 2.78. The van der Waals surface area contributed by atoms with Crippen molar-refractivity contribution < 1.29 is 9.53 Å². The molecule has 1 heterocycles. The minimum atomic E-state index is -0.126. The van der Waals surface area contributed by atoms with E-state index in [0.29, 0.717) is 18.9 Å². The molecule has 0 saturated carbocycles. The second-order valence-electron chi connectivity index (χ2n) is 5.75. The fourth-order valence-electron chi connectivity index (χ4n) is 2.78. The Morgan fingerprint density at radius 2 is 2.00 bits per heavy atom. The molecule has 1 aliphatic rings. The number of benzene rings is 1. The van der Waals surface area contributed by atoms with Crippen LogP contribution in [0.2, 0.25) is 0 Å². The van der Waals surface area contributed by atoms with Crippen LogP contribution in [0, 0.1) is 5.92 Å². The molecule has 0 aromatic heterocycles. The number of hydrogen-bond donors (Lipinski definition) is 1. The van der Waals surface area contributed by atoms with E-state index in [4.69, 9.17) is 10.5 Å². The number of rotatable bonds is 5. The standard InChI is InChI=1S/C16H24N2O2/c1-4-20-13-7-5-12(6-8-13)16-14(17)9-15(19)18(16)10-11(2)3/h5-8,11,14,16H,4,9-10,17H2,1-3H3. The summed E-state index contributed by atoms with van der Waals surface area (Å²) in [7, 11) is 0. The largest absolute Gasteiger partial charge is 0.494 e. The second-order valence-corrected chi connectivity index (χ2v) is 5.75. The Kier molecular flexibility index (Phi) is 4.65. The van der Waals surface area contributed by atoms with Crippen molar-refractivity contribution in [2.75, 3.05) is 13.2 Å². The van der Waals surface area contributed by atoms with Gasteiger partial charge in [0.25, 0.3) is 0 Å². The Morgan fingerprint density at radius 1 is 1.35 bits per heavy atom. The monoisotopic (exact) mass is 276 g/mol. The summed E-state index contributed by atoms with van der Waals surface area (Å²) in [6.07, 6.45) is 0.435. The van der Waals surface area contributed by atoms with Crippen molar-refractivity contribution in [2.45, 2.75) is 39.3 Å². The molecule has 0 radical (unpaired) electrons. The van der Waals surface area contributed by atoms with Gasteiger partial charge in [0.15, 0.2) is 0 Å². The van der Waals surface area contributed by atoms with Crippen LogP contribution >= 0.6 is 0 Å². The van der Waals surface area contributed by atoms with Gasteiger partial charge in [-0.05, 0) is 30.5 Å². The molecule has 4 heteroatoms. The summed E-state index contributed by atoms with van der Waals surface area (Å²) in [6.45, 7) is 7.60. The lowest BCUT2D eigenvalue weighted by Crippen LogP contribution is -2.35. The molecule has 2 rings (SSSR count). The van der Waals surface area contributed by atoms with Crippen molar-refractivity contribution in [1.29, 1.82) is 0 Å². The van der Waals surface area contributed by atoms with E-state index in [9.17, 15) is 4.79 Å². The molecule has 0 aliphatic carbocycles. The van der Waals surface area contributed by atoms with Crippen molar-refractivity contribution in [3.05, 3.63) is 29.8 Å². The predicted octanol–water partition coefficient (Wildman–Crippen LogP) is 2.34. The number of carbonyl (C=O) groups excluding carboxylic acids is 1. The second kappa shape index (κ2) is 6.27. The number of carbonyl (C=O) groups is 1. The van der Waals surface area contributed by atoms with Crippen LogP contribution in [-0.2, 0) is 4.79 Å². The first kappa shape index (κ1) is 14.9. The molecule has 20 heavy (non-hydrogen) atoms. The van der Waals surface area contributed by atoms with Gasteiger partial charge in [0.05, 0.1) is 12.6 Å². The summed E-state index contributed by atoms with van der Waals surface area (Å²) in [5.74, 6) is 1.45. The van der Waals surface area contributed by atoms with E-state index < -0.39 is 0 Å². The Labute approximate surface area is 120 Å². The van der Waals surface area contributed by atoms with Crippen LogP contribution in [0.5, 0.6) is 5.75 Å². The zero-order valence-corrected chi connectivity index (χ0v) is 12.5. The molecule has 110 valence electrons. The molecule has 0 spiro atoms. The number of likely N-dealkylation sites (tertiary alicyclic amines) is 1. The third-order valence-corrected chi connectivity index (χ3v) is 3.57. The van der Waals surface area contributed by atoms with Crippen LogP contribution in [0.25, 0.3) is 0 Å². The Balaban J connectivity index is 2.21. The van der Waals surface area contributed by atoms with E-state index in [-0.39, 0.29) is 18.0 Å². The molecular weight excluding hydrogens is 252 g/mol. The van der Waals surface area contributed by atoms with Gasteiger partial charge in [0, 0.05) is 19.0 Å². The highest BCUT2D eigenvalue weighted by Crippen LogP contribution is 2.33. The van der Waals surface area contributed by atoms with Crippen LogP contribution < -0.4 is 10.5 Å². The molecule has 1 aromatic rings. The fraction of sp³-hybridized carbons (Fsp3) is 0.562. The van der Waals surface area contributed by atoms with E-state index in [1.54, 1.807) is 0 Å². The van der Waals surface area contributed by atoms with Crippen LogP contribution in [0.4, 0.5) is 0 Å². The highest BCUT2D eigenvalue weighted by molar-refractivity contribution is 5.80. The van der Waals surface area contributed by atoms with E-state index >= 15 is 0 Å². The molecule has 1 saturated heterocycles. The summed E-state index contributed by atoms with van der Waals surface area (Å²) < 4.78 is 5.45. The lowest BCUT2D eigenvalue weighted by atomic mass is 10.00. The minimum absolute atomic E-state index is 0.0134. The molecule has 4 nitrogen and oxygen atoms in total.